The quantitative estimate of drug-likeness (QED) is 0.502. The fourth-order valence-corrected chi connectivity index (χ4v) is 1.54. The summed E-state index contributed by atoms with van der Waals surface area (Å²) >= 11 is 0. The fourth-order valence-electron chi connectivity index (χ4n) is 1.54. The van der Waals surface area contributed by atoms with E-state index in [1.165, 1.54) is 4.90 Å². The molecule has 0 aliphatic carbocycles. The maximum absolute atomic E-state index is 11.5. The van der Waals surface area contributed by atoms with Crippen LogP contribution in [0.3, 0.4) is 0 Å². The molecule has 17 heavy (non-hydrogen) atoms. The number of hydrogen-bond acceptors (Lipinski definition) is 5. The Balaban J connectivity index is 2.19. The molecule has 1 fully saturated rings. The Morgan fingerprint density at radius 3 is 2.41 bits per heavy atom. The summed E-state index contributed by atoms with van der Waals surface area (Å²) < 4.78 is 0. The first kappa shape index (κ1) is 13.7. The predicted octanol–water partition coefficient (Wildman–Crippen LogP) is -1.68. The van der Waals surface area contributed by atoms with Crippen molar-refractivity contribution in [2.24, 2.45) is 0 Å². The highest BCUT2D eigenvalue weighted by atomic mass is 16.7. The molecule has 0 aromatic rings. The van der Waals surface area contributed by atoms with Crippen LogP contribution in [0.4, 0.5) is 4.79 Å². The van der Waals surface area contributed by atoms with Crippen molar-refractivity contribution in [3.8, 4) is 0 Å². The first-order chi connectivity index (χ1) is 8.13. The third-order valence-electron chi connectivity index (χ3n) is 2.43. The van der Waals surface area contributed by atoms with Crippen molar-refractivity contribution in [1.29, 1.82) is 0 Å². The van der Waals surface area contributed by atoms with Crippen LogP contribution in [0.15, 0.2) is 0 Å². The van der Waals surface area contributed by atoms with E-state index < -0.39 is 18.6 Å². The molecule has 0 aromatic heterocycles. The Bertz CT molecular complexity index is 265. The van der Waals surface area contributed by atoms with Crippen molar-refractivity contribution in [2.75, 3.05) is 45.9 Å². The second kappa shape index (κ2) is 7.05. The molecule has 0 bridgehead atoms. The van der Waals surface area contributed by atoms with Crippen molar-refractivity contribution in [1.82, 2.24) is 15.3 Å². The Labute approximate surface area is 98.7 Å². The monoisotopic (exact) mass is 247 g/mol. The minimum absolute atomic E-state index is 0.105. The van der Waals surface area contributed by atoms with E-state index in [1.54, 1.807) is 0 Å². The maximum Gasteiger partial charge on any atom is 0.341 e. The van der Waals surface area contributed by atoms with E-state index in [4.69, 9.17) is 10.2 Å². The molecule has 0 radical (unpaired) electrons. The van der Waals surface area contributed by atoms with Crippen LogP contribution in [0.25, 0.3) is 0 Å². The zero-order chi connectivity index (χ0) is 12.7. The lowest BCUT2D eigenvalue weighted by atomic mass is 10.3. The van der Waals surface area contributed by atoms with E-state index >= 15 is 0 Å². The molecular weight excluding hydrogens is 230 g/mol. The van der Waals surface area contributed by atoms with E-state index in [2.05, 4.69) is 10.3 Å². The zero-order valence-corrected chi connectivity index (χ0v) is 9.46. The number of carboxylic acids is 1. The number of nitrogens with one attached hydrogen (secondary N) is 1. The van der Waals surface area contributed by atoms with Gasteiger partial charge in [-0.15, -0.1) is 0 Å². The third-order valence-corrected chi connectivity index (χ3v) is 2.43. The van der Waals surface area contributed by atoms with Crippen LogP contribution < -0.4 is 5.48 Å². The van der Waals surface area contributed by atoms with Crippen LogP contribution in [0, 0.1) is 0 Å². The Kier molecular flexibility index (Phi) is 5.67. The number of β-amino-alcohol motifs (C(OH)–C–C–N with tert-alkyl or cyclic N) is 1. The highest BCUT2D eigenvalue weighted by Crippen LogP contribution is 2.01. The SMILES string of the molecule is O=C(O)CONC(=O)N1CCN(CCO)CC1. The largest absolute Gasteiger partial charge is 0.479 e. The highest BCUT2D eigenvalue weighted by Gasteiger charge is 2.20. The summed E-state index contributed by atoms with van der Waals surface area (Å²) in [5.74, 6) is -1.14. The van der Waals surface area contributed by atoms with E-state index in [9.17, 15) is 9.59 Å². The summed E-state index contributed by atoms with van der Waals surface area (Å²) in [4.78, 5) is 29.7. The number of rotatable bonds is 5. The Morgan fingerprint density at radius 2 is 1.88 bits per heavy atom. The average Bonchev–Trinajstić information content (AvgIpc) is 2.30. The van der Waals surface area contributed by atoms with Gasteiger partial charge in [-0.1, -0.05) is 0 Å². The topological polar surface area (TPSA) is 102 Å². The fraction of sp³-hybridized carbons (Fsp3) is 0.778. The van der Waals surface area contributed by atoms with Crippen molar-refractivity contribution in [2.45, 2.75) is 0 Å². The number of aliphatic carboxylic acids is 1. The number of aliphatic hydroxyl groups is 1. The molecule has 0 saturated carbocycles. The molecule has 2 amide bonds. The van der Waals surface area contributed by atoms with Gasteiger partial charge in [0.2, 0.25) is 0 Å². The molecule has 3 N–H and O–H groups in total. The van der Waals surface area contributed by atoms with Gasteiger partial charge in [0.05, 0.1) is 6.61 Å². The van der Waals surface area contributed by atoms with Crippen molar-refractivity contribution in [3.05, 3.63) is 0 Å². The van der Waals surface area contributed by atoms with Gasteiger partial charge in [0.25, 0.3) is 0 Å². The van der Waals surface area contributed by atoms with Gasteiger partial charge < -0.3 is 15.1 Å². The molecule has 0 unspecified atom stereocenters. The van der Waals surface area contributed by atoms with E-state index in [0.717, 1.165) is 0 Å². The number of piperazine rings is 1. The molecule has 0 aromatic carbocycles. The van der Waals surface area contributed by atoms with Gasteiger partial charge in [0, 0.05) is 32.7 Å². The molecule has 1 saturated heterocycles. The number of carboxylic acid groups (broad SMARTS) is 1. The molecule has 8 nitrogen and oxygen atoms in total. The van der Waals surface area contributed by atoms with E-state index in [0.29, 0.717) is 32.7 Å². The van der Waals surface area contributed by atoms with Gasteiger partial charge in [0.15, 0.2) is 6.61 Å². The maximum atomic E-state index is 11.5. The number of aliphatic hydroxyl groups excluding tert-OH is 1. The van der Waals surface area contributed by atoms with Crippen molar-refractivity contribution < 1.29 is 24.6 Å². The second-order valence-electron chi connectivity index (χ2n) is 3.64. The second-order valence-corrected chi connectivity index (χ2v) is 3.64. The van der Waals surface area contributed by atoms with Crippen molar-refractivity contribution >= 4 is 12.0 Å². The van der Waals surface area contributed by atoms with Crippen LogP contribution in [-0.4, -0.2) is 78.0 Å². The van der Waals surface area contributed by atoms with Gasteiger partial charge in [0.1, 0.15) is 0 Å². The number of hydrogen-bond donors (Lipinski definition) is 3. The number of hydroxylamine groups is 1. The van der Waals surface area contributed by atoms with E-state index in [-0.39, 0.29) is 6.61 Å². The predicted molar refractivity (Wildman–Crippen MR) is 57.2 cm³/mol. The van der Waals surface area contributed by atoms with Crippen LogP contribution in [-0.2, 0) is 9.63 Å². The Hall–Kier alpha value is -1.38. The minimum Gasteiger partial charge on any atom is -0.479 e. The number of amides is 2. The highest BCUT2D eigenvalue weighted by molar-refractivity contribution is 5.73. The molecule has 0 atom stereocenters. The van der Waals surface area contributed by atoms with Gasteiger partial charge in [-0.05, 0) is 0 Å². The lowest BCUT2D eigenvalue weighted by Gasteiger charge is -2.33. The number of urea groups is 1. The number of carbonyl (C=O) groups is 2. The Morgan fingerprint density at radius 1 is 1.24 bits per heavy atom. The molecule has 8 heteroatoms. The molecule has 1 heterocycles. The normalized spacial score (nSPS) is 16.9. The minimum atomic E-state index is -1.14. The van der Waals surface area contributed by atoms with Gasteiger partial charge in [-0.3, -0.25) is 9.74 Å². The van der Waals surface area contributed by atoms with Crippen molar-refractivity contribution in [3.63, 3.8) is 0 Å². The first-order valence-corrected chi connectivity index (χ1v) is 5.35. The lowest BCUT2D eigenvalue weighted by Crippen LogP contribution is -2.52. The molecule has 1 aliphatic heterocycles. The van der Waals surface area contributed by atoms with Crippen LogP contribution in [0.5, 0.6) is 0 Å². The van der Waals surface area contributed by atoms with Crippen LogP contribution in [0.2, 0.25) is 0 Å². The smallest absolute Gasteiger partial charge is 0.341 e. The molecule has 1 aliphatic rings. The first-order valence-electron chi connectivity index (χ1n) is 5.35. The molecular formula is C9H17N3O5. The summed E-state index contributed by atoms with van der Waals surface area (Å²) in [6.07, 6.45) is 0. The number of nitrogens with zero attached hydrogens (tertiary/aromatic N) is 2. The third kappa shape index (κ3) is 4.98. The summed E-state index contributed by atoms with van der Waals surface area (Å²) in [6.45, 7) is 2.58. The van der Waals surface area contributed by atoms with E-state index in [1.807, 2.05) is 4.90 Å². The molecule has 0 spiro atoms. The van der Waals surface area contributed by atoms with Gasteiger partial charge in [-0.2, -0.15) is 0 Å². The summed E-state index contributed by atoms with van der Waals surface area (Å²) in [5.41, 5.74) is 2.07. The number of carbonyl (C=O) groups excluding carboxylic acids is 1. The lowest BCUT2D eigenvalue weighted by molar-refractivity contribution is -0.144. The summed E-state index contributed by atoms with van der Waals surface area (Å²) in [6, 6.07) is -0.435. The van der Waals surface area contributed by atoms with Gasteiger partial charge in [-0.25, -0.2) is 15.1 Å². The van der Waals surface area contributed by atoms with Gasteiger partial charge >= 0.3 is 12.0 Å². The van der Waals surface area contributed by atoms with Crippen LogP contribution >= 0.6 is 0 Å². The van der Waals surface area contributed by atoms with Crippen LogP contribution in [0.1, 0.15) is 0 Å². The summed E-state index contributed by atoms with van der Waals surface area (Å²) in [5, 5.41) is 17.1. The standard InChI is InChI=1S/C9H17N3O5/c13-6-5-11-1-3-12(4-2-11)9(16)10-17-7-8(14)15/h13H,1-7H2,(H,10,16)(H,14,15). The zero-order valence-electron chi connectivity index (χ0n) is 9.46. The molecule has 98 valence electrons. The summed E-state index contributed by atoms with van der Waals surface area (Å²) in [7, 11) is 0. The molecule has 1 rings (SSSR count). The average molecular weight is 247 g/mol.